The largest absolute Gasteiger partial charge is 0.447 e. The van der Waals surface area contributed by atoms with Crippen LogP contribution in [0, 0.1) is 5.92 Å². The van der Waals surface area contributed by atoms with Crippen molar-refractivity contribution in [1.29, 1.82) is 0 Å². The monoisotopic (exact) mass is 232 g/mol. The summed E-state index contributed by atoms with van der Waals surface area (Å²) >= 11 is 0. The van der Waals surface area contributed by atoms with Crippen LogP contribution in [0.3, 0.4) is 0 Å². The summed E-state index contributed by atoms with van der Waals surface area (Å²) in [7, 11) is 1.98. The van der Waals surface area contributed by atoms with Gasteiger partial charge in [-0.25, -0.2) is 0 Å². The molecule has 17 heavy (non-hydrogen) atoms. The first-order chi connectivity index (χ1) is 8.35. The fourth-order valence-electron chi connectivity index (χ4n) is 2.27. The fourth-order valence-corrected chi connectivity index (χ4v) is 2.27. The Morgan fingerprint density at radius 1 is 1.41 bits per heavy atom. The first kappa shape index (κ1) is 10.6. The maximum absolute atomic E-state index is 5.71. The maximum Gasteiger partial charge on any atom is 0.394 e. The van der Waals surface area contributed by atoms with E-state index in [1.807, 2.05) is 31.3 Å². The van der Waals surface area contributed by atoms with Crippen LogP contribution in [0.1, 0.15) is 12.8 Å². The molecule has 1 fully saturated rings. The van der Waals surface area contributed by atoms with Crippen molar-refractivity contribution in [2.24, 2.45) is 5.92 Å². The van der Waals surface area contributed by atoms with Crippen LogP contribution < -0.4 is 10.1 Å². The van der Waals surface area contributed by atoms with Crippen LogP contribution in [0.25, 0.3) is 11.1 Å². The van der Waals surface area contributed by atoms with Crippen LogP contribution in [-0.2, 0) is 0 Å². The van der Waals surface area contributed by atoms with Gasteiger partial charge in [-0.05, 0) is 44.5 Å². The van der Waals surface area contributed by atoms with E-state index in [-0.39, 0.29) is 6.10 Å². The Hall–Kier alpha value is -1.55. The standard InChI is InChI=1S/C13H16N2O2/c1-14-8-9-6-10(7-9)16-13-15-11-4-2-3-5-12(11)17-13/h2-5,9-10,14H,6-8H2,1H3. The number of fused-ring (bicyclic) bond motifs is 1. The van der Waals surface area contributed by atoms with Gasteiger partial charge in [0.2, 0.25) is 0 Å². The van der Waals surface area contributed by atoms with Gasteiger partial charge < -0.3 is 14.5 Å². The normalized spacial score (nSPS) is 23.6. The molecule has 1 aromatic heterocycles. The zero-order chi connectivity index (χ0) is 11.7. The first-order valence-electron chi connectivity index (χ1n) is 6.02. The molecular weight excluding hydrogens is 216 g/mol. The van der Waals surface area contributed by atoms with Gasteiger partial charge in [-0.3, -0.25) is 0 Å². The summed E-state index contributed by atoms with van der Waals surface area (Å²) in [4.78, 5) is 4.30. The molecule has 0 unspecified atom stereocenters. The Balaban J connectivity index is 1.62. The highest BCUT2D eigenvalue weighted by Gasteiger charge is 2.31. The highest BCUT2D eigenvalue weighted by Crippen LogP contribution is 2.31. The van der Waals surface area contributed by atoms with Crippen LogP contribution in [-0.4, -0.2) is 24.7 Å². The van der Waals surface area contributed by atoms with Crippen molar-refractivity contribution in [3.05, 3.63) is 24.3 Å². The molecule has 3 rings (SSSR count). The molecule has 90 valence electrons. The lowest BCUT2D eigenvalue weighted by atomic mass is 9.82. The van der Waals surface area contributed by atoms with Crippen molar-refractivity contribution < 1.29 is 9.15 Å². The number of nitrogens with zero attached hydrogens (tertiary/aromatic N) is 1. The van der Waals surface area contributed by atoms with Gasteiger partial charge in [0, 0.05) is 0 Å². The molecule has 4 heteroatoms. The molecular formula is C13H16N2O2. The van der Waals surface area contributed by atoms with E-state index in [1.54, 1.807) is 0 Å². The number of oxazole rings is 1. The molecule has 4 nitrogen and oxygen atoms in total. The summed E-state index contributed by atoms with van der Waals surface area (Å²) in [6, 6.07) is 7.71. The van der Waals surface area contributed by atoms with Crippen molar-refractivity contribution >= 4 is 11.1 Å². The maximum atomic E-state index is 5.71. The average molecular weight is 232 g/mol. The molecule has 0 saturated heterocycles. The lowest BCUT2D eigenvalue weighted by molar-refractivity contribution is 0.0414. The molecule has 2 aromatic rings. The minimum Gasteiger partial charge on any atom is -0.447 e. The summed E-state index contributed by atoms with van der Waals surface area (Å²) in [6.07, 6.45) is 2.83. The highest BCUT2D eigenvalue weighted by atomic mass is 16.6. The Morgan fingerprint density at radius 2 is 2.24 bits per heavy atom. The number of ether oxygens (including phenoxy) is 1. The predicted molar refractivity (Wildman–Crippen MR) is 65.1 cm³/mol. The predicted octanol–water partition coefficient (Wildman–Crippen LogP) is 2.20. The summed E-state index contributed by atoms with van der Waals surface area (Å²) in [5.41, 5.74) is 1.64. The van der Waals surface area contributed by atoms with Gasteiger partial charge in [0.15, 0.2) is 5.58 Å². The Kier molecular flexibility index (Phi) is 2.73. The second kappa shape index (κ2) is 4.37. The quantitative estimate of drug-likeness (QED) is 0.878. The van der Waals surface area contributed by atoms with Crippen molar-refractivity contribution in [3.63, 3.8) is 0 Å². The lowest BCUT2D eigenvalue weighted by Gasteiger charge is -2.33. The highest BCUT2D eigenvalue weighted by molar-refractivity contribution is 5.72. The molecule has 1 N–H and O–H groups in total. The zero-order valence-corrected chi connectivity index (χ0v) is 9.85. The average Bonchev–Trinajstić information content (AvgIpc) is 2.68. The van der Waals surface area contributed by atoms with Crippen LogP contribution in [0.5, 0.6) is 6.08 Å². The third-order valence-corrected chi connectivity index (χ3v) is 3.23. The molecule has 0 atom stereocenters. The zero-order valence-electron chi connectivity index (χ0n) is 9.85. The Bertz CT molecular complexity index is 470. The second-order valence-corrected chi connectivity index (χ2v) is 4.58. The van der Waals surface area contributed by atoms with E-state index in [2.05, 4.69) is 10.3 Å². The van der Waals surface area contributed by atoms with Gasteiger partial charge in [0.05, 0.1) is 0 Å². The Labute approximate surface area is 100.0 Å². The summed E-state index contributed by atoms with van der Waals surface area (Å²) in [6.45, 7) is 1.06. The van der Waals surface area contributed by atoms with E-state index in [9.17, 15) is 0 Å². The van der Waals surface area contributed by atoms with E-state index < -0.39 is 0 Å². The minimum absolute atomic E-state index is 0.265. The van der Waals surface area contributed by atoms with Crippen LogP contribution >= 0.6 is 0 Å². The van der Waals surface area contributed by atoms with E-state index in [4.69, 9.17) is 9.15 Å². The smallest absolute Gasteiger partial charge is 0.394 e. The molecule has 0 bridgehead atoms. The summed E-state index contributed by atoms with van der Waals surface area (Å²) in [5, 5.41) is 3.18. The van der Waals surface area contributed by atoms with E-state index >= 15 is 0 Å². The molecule has 1 saturated carbocycles. The SMILES string of the molecule is CNCC1CC(Oc2nc3ccccc3o2)C1. The van der Waals surface area contributed by atoms with Crippen LogP contribution in [0.15, 0.2) is 28.7 Å². The number of nitrogens with one attached hydrogen (secondary N) is 1. The first-order valence-corrected chi connectivity index (χ1v) is 6.02. The molecule has 1 aromatic carbocycles. The number of aromatic nitrogens is 1. The van der Waals surface area contributed by atoms with Gasteiger partial charge in [0.25, 0.3) is 0 Å². The molecule has 0 spiro atoms. The molecule has 1 aliphatic carbocycles. The lowest BCUT2D eigenvalue weighted by Crippen LogP contribution is -2.38. The van der Waals surface area contributed by atoms with Gasteiger partial charge >= 0.3 is 6.08 Å². The molecule has 0 radical (unpaired) electrons. The van der Waals surface area contributed by atoms with Gasteiger partial charge in [-0.2, -0.15) is 4.98 Å². The van der Waals surface area contributed by atoms with E-state index in [0.717, 1.165) is 36.4 Å². The summed E-state index contributed by atoms with van der Waals surface area (Å²) < 4.78 is 11.2. The van der Waals surface area contributed by atoms with E-state index in [1.165, 1.54) is 0 Å². The summed E-state index contributed by atoms with van der Waals surface area (Å²) in [5.74, 6) is 0.731. The van der Waals surface area contributed by atoms with Crippen molar-refractivity contribution in [2.45, 2.75) is 18.9 Å². The third-order valence-electron chi connectivity index (χ3n) is 3.23. The molecule has 1 aliphatic rings. The number of rotatable bonds is 4. The molecule has 0 aliphatic heterocycles. The van der Waals surface area contributed by atoms with Crippen LogP contribution in [0.4, 0.5) is 0 Å². The van der Waals surface area contributed by atoms with E-state index in [0.29, 0.717) is 6.08 Å². The minimum atomic E-state index is 0.265. The van der Waals surface area contributed by atoms with Crippen molar-refractivity contribution in [2.75, 3.05) is 13.6 Å². The third kappa shape index (κ3) is 2.13. The second-order valence-electron chi connectivity index (χ2n) is 4.58. The van der Waals surface area contributed by atoms with Crippen molar-refractivity contribution in [3.8, 4) is 6.08 Å². The van der Waals surface area contributed by atoms with Crippen LogP contribution in [0.2, 0.25) is 0 Å². The molecule has 0 amide bonds. The van der Waals surface area contributed by atoms with Gasteiger partial charge in [-0.1, -0.05) is 12.1 Å². The number of benzene rings is 1. The van der Waals surface area contributed by atoms with Gasteiger partial charge in [0.1, 0.15) is 11.6 Å². The Morgan fingerprint density at radius 3 is 3.00 bits per heavy atom. The number of hydrogen-bond acceptors (Lipinski definition) is 4. The fraction of sp³-hybridized carbons (Fsp3) is 0.462. The topological polar surface area (TPSA) is 47.3 Å². The van der Waals surface area contributed by atoms with Gasteiger partial charge in [-0.15, -0.1) is 0 Å². The number of hydrogen-bond donors (Lipinski definition) is 1. The van der Waals surface area contributed by atoms with Crippen molar-refractivity contribution in [1.82, 2.24) is 10.3 Å². The molecule has 1 heterocycles. The number of para-hydroxylation sites is 2.